The van der Waals surface area contributed by atoms with Gasteiger partial charge in [-0.15, -0.1) is 0 Å². The zero-order valence-electron chi connectivity index (χ0n) is 18.4. The first-order chi connectivity index (χ1) is 16.3. The van der Waals surface area contributed by atoms with E-state index in [1.807, 2.05) is 18.2 Å². The van der Waals surface area contributed by atoms with Gasteiger partial charge in [0.05, 0.1) is 16.3 Å². The molecule has 0 atom stereocenters. The first-order valence-electron chi connectivity index (χ1n) is 10.4. The highest BCUT2D eigenvalue weighted by Crippen LogP contribution is 2.33. The summed E-state index contributed by atoms with van der Waals surface area (Å²) in [6.45, 7) is 1.79. The first-order valence-corrected chi connectivity index (χ1v) is 11.6. The smallest absolute Gasteiger partial charge is 0.295 e. The van der Waals surface area contributed by atoms with Gasteiger partial charge >= 0.3 is 0 Å². The molecule has 2 heterocycles. The monoisotopic (exact) mass is 496 g/mol. The fraction of sp³-hybridized carbons (Fsp3) is 0.167. The van der Waals surface area contributed by atoms with E-state index in [0.717, 1.165) is 11.8 Å². The van der Waals surface area contributed by atoms with Crippen molar-refractivity contribution in [2.75, 3.05) is 11.9 Å². The van der Waals surface area contributed by atoms with Crippen molar-refractivity contribution in [3.05, 3.63) is 86.9 Å². The van der Waals surface area contributed by atoms with Gasteiger partial charge in [-0.3, -0.25) is 24.0 Å². The second-order valence-corrected chi connectivity index (χ2v) is 9.27. The van der Waals surface area contributed by atoms with Crippen LogP contribution in [0.2, 0.25) is 0 Å². The van der Waals surface area contributed by atoms with Gasteiger partial charge in [0.15, 0.2) is 0 Å². The lowest BCUT2D eigenvalue weighted by atomic mass is 10.2. The van der Waals surface area contributed by atoms with Crippen molar-refractivity contribution in [3.63, 3.8) is 0 Å². The Morgan fingerprint density at radius 1 is 1.12 bits per heavy atom. The molecule has 2 aromatic carbocycles. The van der Waals surface area contributed by atoms with Crippen LogP contribution >= 0.6 is 24.0 Å². The summed E-state index contributed by atoms with van der Waals surface area (Å²) < 4.78 is 17.4. The molecular weight excluding hydrogens is 475 g/mol. The third-order valence-electron chi connectivity index (χ3n) is 5.45. The molecular formula is C24H21FN4O3S2. The van der Waals surface area contributed by atoms with Crippen LogP contribution in [0.3, 0.4) is 0 Å². The van der Waals surface area contributed by atoms with Crippen LogP contribution in [0.15, 0.2) is 64.3 Å². The molecule has 0 unspecified atom stereocenters. The predicted molar refractivity (Wildman–Crippen MR) is 135 cm³/mol. The number of nitrogens with one attached hydrogen (secondary N) is 1. The highest BCUT2D eigenvalue weighted by Gasteiger charge is 2.32. The Hall–Kier alpha value is -3.50. The molecule has 1 aliphatic rings. The highest BCUT2D eigenvalue weighted by atomic mass is 32.2. The van der Waals surface area contributed by atoms with E-state index in [-0.39, 0.29) is 35.7 Å². The molecule has 34 heavy (non-hydrogen) atoms. The van der Waals surface area contributed by atoms with Gasteiger partial charge in [-0.2, -0.15) is 0 Å². The Balaban J connectivity index is 1.45. The number of hydrogen-bond acceptors (Lipinski definition) is 5. The minimum Gasteiger partial charge on any atom is -0.320 e. The zero-order valence-corrected chi connectivity index (χ0v) is 20.1. The molecule has 0 radical (unpaired) electrons. The molecule has 0 spiro atoms. The van der Waals surface area contributed by atoms with Gasteiger partial charge in [0.1, 0.15) is 15.8 Å². The van der Waals surface area contributed by atoms with E-state index in [0.29, 0.717) is 20.6 Å². The van der Waals surface area contributed by atoms with Crippen molar-refractivity contribution in [2.24, 2.45) is 7.05 Å². The molecule has 3 aromatic rings. The number of thioether (sulfide) groups is 1. The number of hydrogen-bond donors (Lipinski definition) is 1. The average Bonchev–Trinajstić information content (AvgIpc) is 3.20. The van der Waals surface area contributed by atoms with E-state index in [1.165, 1.54) is 21.7 Å². The second kappa shape index (κ2) is 9.78. The average molecular weight is 497 g/mol. The molecule has 174 valence electrons. The molecule has 0 saturated carbocycles. The van der Waals surface area contributed by atoms with Crippen LogP contribution in [0.25, 0.3) is 11.8 Å². The quantitative estimate of drug-likeness (QED) is 0.414. The van der Waals surface area contributed by atoms with Gasteiger partial charge in [-0.25, -0.2) is 9.07 Å². The normalized spacial score (nSPS) is 14.8. The summed E-state index contributed by atoms with van der Waals surface area (Å²) >= 11 is 6.35. The van der Waals surface area contributed by atoms with E-state index in [1.54, 1.807) is 49.0 Å². The number of carbonyl (C=O) groups is 2. The lowest BCUT2D eigenvalue weighted by Crippen LogP contribution is -2.32. The molecule has 4 rings (SSSR count). The van der Waals surface area contributed by atoms with E-state index in [9.17, 15) is 18.8 Å². The number of benzene rings is 2. The summed E-state index contributed by atoms with van der Waals surface area (Å²) in [5.74, 6) is -1.24. The Labute approximate surface area is 204 Å². The third-order valence-corrected chi connectivity index (χ3v) is 6.82. The molecule has 7 nitrogen and oxygen atoms in total. The van der Waals surface area contributed by atoms with Crippen molar-refractivity contribution < 1.29 is 14.0 Å². The second-order valence-electron chi connectivity index (χ2n) is 7.59. The minimum atomic E-state index is -0.438. The SMILES string of the molecule is Cc1c(NC(=O)CCN2C(=O)/C(=C\c3ccccc3F)SC2=S)c(=O)n(-c2ccccc2)n1C. The van der Waals surface area contributed by atoms with Crippen LogP contribution in [0.5, 0.6) is 0 Å². The van der Waals surface area contributed by atoms with E-state index >= 15 is 0 Å². The van der Waals surface area contributed by atoms with Gasteiger partial charge < -0.3 is 5.32 Å². The lowest BCUT2D eigenvalue weighted by molar-refractivity contribution is -0.122. The lowest BCUT2D eigenvalue weighted by Gasteiger charge is -2.13. The van der Waals surface area contributed by atoms with Crippen molar-refractivity contribution in [2.45, 2.75) is 13.3 Å². The number of carbonyl (C=O) groups excluding carboxylic acids is 2. The van der Waals surface area contributed by atoms with E-state index in [2.05, 4.69) is 5.32 Å². The zero-order chi connectivity index (χ0) is 24.4. The topological polar surface area (TPSA) is 76.3 Å². The number of aromatic nitrogens is 2. The summed E-state index contributed by atoms with van der Waals surface area (Å²) in [5.41, 5.74) is 1.40. The van der Waals surface area contributed by atoms with Crippen LogP contribution < -0.4 is 10.9 Å². The molecule has 1 fully saturated rings. The summed E-state index contributed by atoms with van der Waals surface area (Å²) in [7, 11) is 1.74. The standard InChI is InChI=1S/C24H21FN4O3S2/c1-15-21(23(32)29(27(15)2)17-9-4-3-5-10-17)26-20(30)12-13-28-22(31)19(34-24(28)33)14-16-8-6-7-11-18(16)25/h3-11,14H,12-13H2,1-2H3,(H,26,30)/b19-14+. The fourth-order valence-corrected chi connectivity index (χ4v) is 4.85. The Bertz CT molecular complexity index is 1380. The number of nitrogens with zero attached hydrogens (tertiary/aromatic N) is 3. The third kappa shape index (κ3) is 4.59. The van der Waals surface area contributed by atoms with Crippen LogP contribution in [0, 0.1) is 12.7 Å². The molecule has 1 aliphatic heterocycles. The Kier molecular flexibility index (Phi) is 6.80. The fourth-order valence-electron chi connectivity index (χ4n) is 3.55. The number of rotatable bonds is 6. The molecule has 0 bridgehead atoms. The highest BCUT2D eigenvalue weighted by molar-refractivity contribution is 8.26. The molecule has 10 heteroatoms. The number of thiocarbonyl (C=S) groups is 1. The van der Waals surface area contributed by atoms with Gasteiger partial charge in [-0.1, -0.05) is 60.4 Å². The summed E-state index contributed by atoms with van der Waals surface area (Å²) in [5, 5.41) is 2.68. The van der Waals surface area contributed by atoms with Crippen molar-refractivity contribution in [3.8, 4) is 5.69 Å². The molecule has 0 aliphatic carbocycles. The number of halogens is 1. The maximum Gasteiger partial charge on any atom is 0.295 e. The van der Waals surface area contributed by atoms with Crippen LogP contribution in [0.1, 0.15) is 17.7 Å². The number of para-hydroxylation sites is 1. The van der Waals surface area contributed by atoms with Gasteiger partial charge in [0.25, 0.3) is 11.5 Å². The Morgan fingerprint density at radius 3 is 2.50 bits per heavy atom. The van der Waals surface area contributed by atoms with Crippen molar-refractivity contribution in [1.29, 1.82) is 0 Å². The summed E-state index contributed by atoms with van der Waals surface area (Å²) in [6.07, 6.45) is 1.40. The van der Waals surface area contributed by atoms with Crippen LogP contribution in [-0.2, 0) is 16.6 Å². The summed E-state index contributed by atoms with van der Waals surface area (Å²) in [6, 6.07) is 15.2. The molecule has 2 amide bonds. The summed E-state index contributed by atoms with van der Waals surface area (Å²) in [4.78, 5) is 40.0. The van der Waals surface area contributed by atoms with Gasteiger partial charge in [0.2, 0.25) is 5.91 Å². The molecule has 1 aromatic heterocycles. The minimum absolute atomic E-state index is 0.0455. The van der Waals surface area contributed by atoms with Crippen LogP contribution in [0.4, 0.5) is 10.1 Å². The number of amides is 2. The maximum absolute atomic E-state index is 13.9. The van der Waals surface area contributed by atoms with Crippen molar-refractivity contribution in [1.82, 2.24) is 14.3 Å². The van der Waals surface area contributed by atoms with Gasteiger partial charge in [0, 0.05) is 25.6 Å². The van der Waals surface area contributed by atoms with Gasteiger partial charge in [-0.05, 0) is 31.2 Å². The molecule has 1 N–H and O–H groups in total. The largest absolute Gasteiger partial charge is 0.320 e. The van der Waals surface area contributed by atoms with Crippen LogP contribution in [-0.4, -0.2) is 36.9 Å². The first kappa shape index (κ1) is 23.7. The predicted octanol–water partition coefficient (Wildman–Crippen LogP) is 3.85. The van der Waals surface area contributed by atoms with E-state index < -0.39 is 11.7 Å². The molecule has 1 saturated heterocycles. The van der Waals surface area contributed by atoms with E-state index in [4.69, 9.17) is 12.2 Å². The maximum atomic E-state index is 13.9. The van der Waals surface area contributed by atoms with Crippen molar-refractivity contribution >= 4 is 51.9 Å². The Morgan fingerprint density at radius 2 is 1.79 bits per heavy atom. The number of anilines is 1.